The summed E-state index contributed by atoms with van der Waals surface area (Å²) in [5.74, 6) is 0.811. The molecule has 1 aromatic rings. The number of hydrogen-bond donors (Lipinski definition) is 0. The summed E-state index contributed by atoms with van der Waals surface area (Å²) >= 11 is 0. The number of benzene rings is 1. The highest BCUT2D eigenvalue weighted by Crippen LogP contribution is 2.35. The van der Waals surface area contributed by atoms with Gasteiger partial charge in [0.05, 0.1) is 0 Å². The van der Waals surface area contributed by atoms with Gasteiger partial charge in [-0.15, -0.1) is 0 Å². The zero-order valence-corrected chi connectivity index (χ0v) is 12.6. The maximum Gasteiger partial charge on any atom is -0.0159 e. The molecule has 0 heterocycles. The quantitative estimate of drug-likeness (QED) is 0.605. The fourth-order valence-corrected chi connectivity index (χ4v) is 3.31. The Hall–Kier alpha value is -1.04. The van der Waals surface area contributed by atoms with E-state index in [0.717, 1.165) is 12.3 Å². The normalized spacial score (nSPS) is 17.7. The zero-order valence-electron chi connectivity index (χ0n) is 12.6. The third kappa shape index (κ3) is 3.96. The SMILES string of the molecule is CCC=C(c1ccc(CCC)cc1)C1CCCCC1. The van der Waals surface area contributed by atoms with Gasteiger partial charge in [0.1, 0.15) is 0 Å². The van der Waals surface area contributed by atoms with Crippen molar-refractivity contribution >= 4 is 5.57 Å². The third-order valence-corrected chi connectivity index (χ3v) is 4.29. The molecule has 1 aromatic carbocycles. The molecule has 104 valence electrons. The van der Waals surface area contributed by atoms with Crippen LogP contribution in [0.15, 0.2) is 30.3 Å². The van der Waals surface area contributed by atoms with Crippen LogP contribution in [0.4, 0.5) is 0 Å². The van der Waals surface area contributed by atoms with E-state index >= 15 is 0 Å². The Morgan fingerprint density at radius 2 is 1.74 bits per heavy atom. The van der Waals surface area contributed by atoms with E-state index in [2.05, 4.69) is 44.2 Å². The Morgan fingerprint density at radius 1 is 1.05 bits per heavy atom. The lowest BCUT2D eigenvalue weighted by molar-refractivity contribution is 0.429. The Balaban J connectivity index is 2.16. The van der Waals surface area contributed by atoms with Gasteiger partial charge >= 0.3 is 0 Å². The van der Waals surface area contributed by atoms with E-state index < -0.39 is 0 Å². The Kier molecular flexibility index (Phi) is 5.69. The molecule has 0 saturated heterocycles. The summed E-state index contributed by atoms with van der Waals surface area (Å²) in [7, 11) is 0. The monoisotopic (exact) mass is 256 g/mol. The number of hydrogen-bond acceptors (Lipinski definition) is 0. The highest BCUT2D eigenvalue weighted by Gasteiger charge is 2.18. The van der Waals surface area contributed by atoms with Gasteiger partial charge in [0.2, 0.25) is 0 Å². The van der Waals surface area contributed by atoms with Gasteiger partial charge < -0.3 is 0 Å². The van der Waals surface area contributed by atoms with Gasteiger partial charge in [0.15, 0.2) is 0 Å². The van der Waals surface area contributed by atoms with Gasteiger partial charge in [-0.3, -0.25) is 0 Å². The highest BCUT2D eigenvalue weighted by molar-refractivity contribution is 5.67. The van der Waals surface area contributed by atoms with Crippen LogP contribution in [0.1, 0.15) is 69.9 Å². The van der Waals surface area contributed by atoms with Crippen LogP contribution in [0.25, 0.3) is 5.57 Å². The van der Waals surface area contributed by atoms with Gasteiger partial charge in [-0.1, -0.05) is 69.9 Å². The largest absolute Gasteiger partial charge is 0.0807 e. The van der Waals surface area contributed by atoms with Gasteiger partial charge in [-0.25, -0.2) is 0 Å². The van der Waals surface area contributed by atoms with E-state index in [1.165, 1.54) is 56.1 Å². The van der Waals surface area contributed by atoms with Crippen LogP contribution in [-0.2, 0) is 6.42 Å². The van der Waals surface area contributed by atoms with E-state index in [0.29, 0.717) is 0 Å². The first-order valence-corrected chi connectivity index (χ1v) is 8.14. The van der Waals surface area contributed by atoms with Crippen molar-refractivity contribution in [3.8, 4) is 0 Å². The van der Waals surface area contributed by atoms with Crippen molar-refractivity contribution in [1.29, 1.82) is 0 Å². The minimum absolute atomic E-state index is 0.811. The Labute approximate surface area is 118 Å². The summed E-state index contributed by atoms with van der Waals surface area (Å²) in [6, 6.07) is 9.35. The van der Waals surface area contributed by atoms with Crippen LogP contribution >= 0.6 is 0 Å². The van der Waals surface area contributed by atoms with Crippen molar-refractivity contribution in [3.05, 3.63) is 41.5 Å². The maximum absolute atomic E-state index is 2.46. The minimum Gasteiger partial charge on any atom is -0.0807 e. The van der Waals surface area contributed by atoms with Crippen molar-refractivity contribution in [3.63, 3.8) is 0 Å². The van der Waals surface area contributed by atoms with Gasteiger partial charge in [-0.05, 0) is 48.3 Å². The molecular weight excluding hydrogens is 228 g/mol. The van der Waals surface area contributed by atoms with Crippen molar-refractivity contribution in [1.82, 2.24) is 0 Å². The van der Waals surface area contributed by atoms with E-state index in [-0.39, 0.29) is 0 Å². The smallest absolute Gasteiger partial charge is 0.0159 e. The number of aryl methyl sites for hydroxylation is 1. The standard InChI is InChI=1S/C19H28/c1-3-8-16-12-14-18(15-13-16)19(9-4-2)17-10-6-5-7-11-17/h9,12-15,17H,3-8,10-11H2,1-2H3. The summed E-state index contributed by atoms with van der Waals surface area (Å²) in [6.45, 7) is 4.51. The predicted octanol–water partition coefficient (Wildman–Crippen LogP) is 6.01. The first-order chi connectivity index (χ1) is 9.35. The van der Waals surface area contributed by atoms with E-state index in [4.69, 9.17) is 0 Å². The molecule has 2 rings (SSSR count). The molecule has 1 aliphatic rings. The topological polar surface area (TPSA) is 0 Å². The maximum atomic E-state index is 2.46. The Morgan fingerprint density at radius 3 is 2.32 bits per heavy atom. The second kappa shape index (κ2) is 7.53. The summed E-state index contributed by atoms with van der Waals surface area (Å²) in [6.07, 6.45) is 13.1. The predicted molar refractivity (Wildman–Crippen MR) is 85.3 cm³/mol. The molecule has 0 spiro atoms. The highest BCUT2D eigenvalue weighted by atomic mass is 14.2. The van der Waals surface area contributed by atoms with Crippen LogP contribution < -0.4 is 0 Å². The van der Waals surface area contributed by atoms with Crippen molar-refractivity contribution < 1.29 is 0 Å². The molecule has 0 heteroatoms. The molecule has 1 aliphatic carbocycles. The van der Waals surface area contributed by atoms with Crippen LogP contribution in [-0.4, -0.2) is 0 Å². The molecule has 0 bridgehead atoms. The number of allylic oxidation sites excluding steroid dienone is 2. The molecule has 0 aromatic heterocycles. The molecule has 0 aliphatic heterocycles. The minimum atomic E-state index is 0.811. The molecule has 0 N–H and O–H groups in total. The second-order valence-electron chi connectivity index (χ2n) is 5.85. The fraction of sp³-hybridized carbons (Fsp3) is 0.579. The first-order valence-electron chi connectivity index (χ1n) is 8.14. The van der Waals surface area contributed by atoms with Gasteiger partial charge in [-0.2, -0.15) is 0 Å². The van der Waals surface area contributed by atoms with Crippen LogP contribution in [0, 0.1) is 5.92 Å². The van der Waals surface area contributed by atoms with Crippen molar-refractivity contribution in [2.24, 2.45) is 5.92 Å². The Bertz CT molecular complexity index is 391. The molecule has 0 nitrogen and oxygen atoms in total. The number of rotatable bonds is 5. The summed E-state index contributed by atoms with van der Waals surface area (Å²) < 4.78 is 0. The van der Waals surface area contributed by atoms with Crippen molar-refractivity contribution in [2.45, 2.75) is 65.2 Å². The average Bonchev–Trinajstić information content (AvgIpc) is 2.47. The lowest BCUT2D eigenvalue weighted by atomic mass is 9.80. The molecular formula is C19H28. The first kappa shape index (κ1) is 14.4. The zero-order chi connectivity index (χ0) is 13.5. The van der Waals surface area contributed by atoms with Crippen LogP contribution in [0.3, 0.4) is 0 Å². The summed E-state index contributed by atoms with van der Waals surface area (Å²) in [5.41, 5.74) is 4.56. The molecule has 0 atom stereocenters. The summed E-state index contributed by atoms with van der Waals surface area (Å²) in [4.78, 5) is 0. The lowest BCUT2D eigenvalue weighted by Gasteiger charge is -2.25. The average molecular weight is 256 g/mol. The molecule has 0 unspecified atom stereocenters. The molecule has 1 fully saturated rings. The van der Waals surface area contributed by atoms with Crippen LogP contribution in [0.2, 0.25) is 0 Å². The summed E-state index contributed by atoms with van der Waals surface area (Å²) in [5, 5.41) is 0. The molecule has 1 saturated carbocycles. The van der Waals surface area contributed by atoms with Crippen LogP contribution in [0.5, 0.6) is 0 Å². The third-order valence-electron chi connectivity index (χ3n) is 4.29. The second-order valence-corrected chi connectivity index (χ2v) is 5.85. The lowest BCUT2D eigenvalue weighted by Crippen LogP contribution is -2.08. The fourth-order valence-electron chi connectivity index (χ4n) is 3.31. The molecule has 19 heavy (non-hydrogen) atoms. The van der Waals surface area contributed by atoms with Gasteiger partial charge in [0.25, 0.3) is 0 Å². The van der Waals surface area contributed by atoms with E-state index in [1.54, 1.807) is 5.57 Å². The molecule has 0 amide bonds. The van der Waals surface area contributed by atoms with E-state index in [1.807, 2.05) is 0 Å². The van der Waals surface area contributed by atoms with Crippen molar-refractivity contribution in [2.75, 3.05) is 0 Å². The van der Waals surface area contributed by atoms with Gasteiger partial charge in [0, 0.05) is 0 Å². The molecule has 0 radical (unpaired) electrons. The van der Waals surface area contributed by atoms with E-state index in [9.17, 15) is 0 Å².